The Balaban J connectivity index is 0.000000241. The summed E-state index contributed by atoms with van der Waals surface area (Å²) in [6, 6.07) is 20.3. The van der Waals surface area contributed by atoms with Gasteiger partial charge in [0.15, 0.2) is 0 Å². The molecule has 5 nitrogen and oxygen atoms in total. The molecule has 0 bridgehead atoms. The van der Waals surface area contributed by atoms with Crippen LogP contribution in [0.3, 0.4) is 0 Å². The van der Waals surface area contributed by atoms with E-state index in [2.05, 4.69) is 27.7 Å². The van der Waals surface area contributed by atoms with Crippen LogP contribution in [0.15, 0.2) is 72.8 Å². The number of esters is 1. The lowest BCUT2D eigenvalue weighted by molar-refractivity contribution is 0.0600. The number of ether oxygens (including phenoxy) is 3. The highest BCUT2D eigenvalue weighted by atomic mass is 19.1. The molecule has 4 aromatic carbocycles. The lowest BCUT2D eigenvalue weighted by atomic mass is 9.91. The Bertz CT molecular complexity index is 1560. The van der Waals surface area contributed by atoms with E-state index in [4.69, 9.17) is 14.2 Å². The van der Waals surface area contributed by atoms with E-state index in [0.29, 0.717) is 40.0 Å². The van der Waals surface area contributed by atoms with Gasteiger partial charge in [0.05, 0.1) is 33.5 Å². The quantitative estimate of drug-likeness (QED) is 0.184. The second-order valence-electron chi connectivity index (χ2n) is 11.4. The third-order valence-electron chi connectivity index (χ3n) is 7.06. The van der Waals surface area contributed by atoms with E-state index in [9.17, 15) is 18.7 Å². The fourth-order valence-corrected chi connectivity index (χ4v) is 5.00. The summed E-state index contributed by atoms with van der Waals surface area (Å²) in [4.78, 5) is 11.8. The molecule has 1 N–H and O–H groups in total. The maximum absolute atomic E-state index is 14.3. The van der Waals surface area contributed by atoms with Gasteiger partial charge in [0.1, 0.15) is 23.1 Å². The van der Waals surface area contributed by atoms with Gasteiger partial charge >= 0.3 is 5.97 Å². The van der Waals surface area contributed by atoms with Crippen LogP contribution < -0.4 is 9.47 Å². The molecule has 4 rings (SSSR count). The van der Waals surface area contributed by atoms with E-state index in [1.54, 1.807) is 56.7 Å². The van der Waals surface area contributed by atoms with Crippen molar-refractivity contribution in [3.63, 3.8) is 0 Å². The fraction of sp³-hybridized carbons (Fsp3) is 0.324. The molecule has 0 aliphatic rings. The molecular weight excluding hydrogens is 562 g/mol. The van der Waals surface area contributed by atoms with E-state index in [1.807, 2.05) is 18.2 Å². The molecule has 0 aliphatic heterocycles. The minimum atomic E-state index is -0.396. The van der Waals surface area contributed by atoms with Crippen molar-refractivity contribution in [1.29, 1.82) is 0 Å². The molecule has 0 atom stereocenters. The van der Waals surface area contributed by atoms with Gasteiger partial charge < -0.3 is 19.3 Å². The molecule has 0 saturated carbocycles. The maximum atomic E-state index is 14.3. The number of carbonyl (C=O) groups excluding carboxylic acids is 1. The van der Waals surface area contributed by atoms with Crippen molar-refractivity contribution in [3.8, 4) is 33.8 Å². The summed E-state index contributed by atoms with van der Waals surface area (Å²) in [6.07, 6.45) is 1.57. The molecular formula is C37H42F2O5. The SMILES string of the molecule is COC(=O)c1ccc(-c2cc(OC)ccc2F)c(CC(C)C)c1.COc1ccc(F)c(-c2ccc(CO)cc2CC(C)C)c1. The number of aliphatic hydroxyl groups is 1. The highest BCUT2D eigenvalue weighted by Crippen LogP contribution is 2.33. The number of aliphatic hydroxyl groups excluding tert-OH is 1. The fourth-order valence-electron chi connectivity index (χ4n) is 5.00. The number of benzene rings is 4. The summed E-state index contributed by atoms with van der Waals surface area (Å²) >= 11 is 0. The zero-order valence-electron chi connectivity index (χ0n) is 26.5. The average Bonchev–Trinajstić information content (AvgIpc) is 3.01. The van der Waals surface area contributed by atoms with Crippen molar-refractivity contribution in [2.24, 2.45) is 11.8 Å². The van der Waals surface area contributed by atoms with Crippen LogP contribution in [0.5, 0.6) is 11.5 Å². The van der Waals surface area contributed by atoms with Crippen molar-refractivity contribution < 1.29 is 32.9 Å². The molecule has 0 aromatic heterocycles. The second kappa shape index (κ2) is 16.0. The number of hydrogen-bond donors (Lipinski definition) is 1. The summed E-state index contributed by atoms with van der Waals surface area (Å²) in [5, 5.41) is 9.30. The predicted octanol–water partition coefficient (Wildman–Crippen LogP) is 8.68. The second-order valence-corrected chi connectivity index (χ2v) is 11.4. The van der Waals surface area contributed by atoms with Crippen molar-refractivity contribution >= 4 is 5.97 Å². The molecule has 44 heavy (non-hydrogen) atoms. The first-order chi connectivity index (χ1) is 21.0. The summed E-state index contributed by atoms with van der Waals surface area (Å²) < 4.78 is 43.6. The molecule has 0 saturated heterocycles. The molecule has 0 amide bonds. The number of methoxy groups -OCH3 is 3. The first-order valence-corrected chi connectivity index (χ1v) is 14.6. The first-order valence-electron chi connectivity index (χ1n) is 14.6. The lowest BCUT2D eigenvalue weighted by Gasteiger charge is -2.15. The van der Waals surface area contributed by atoms with Crippen LogP contribution in [0.2, 0.25) is 0 Å². The van der Waals surface area contributed by atoms with E-state index in [0.717, 1.165) is 40.7 Å². The van der Waals surface area contributed by atoms with Gasteiger partial charge in [0, 0.05) is 11.1 Å². The largest absolute Gasteiger partial charge is 0.497 e. The minimum absolute atomic E-state index is 0.00797. The molecule has 4 aromatic rings. The van der Waals surface area contributed by atoms with Crippen LogP contribution in [0.25, 0.3) is 22.3 Å². The summed E-state index contributed by atoms with van der Waals surface area (Å²) in [7, 11) is 4.47. The number of halogens is 2. The van der Waals surface area contributed by atoms with Crippen molar-refractivity contribution in [2.75, 3.05) is 21.3 Å². The highest BCUT2D eigenvalue weighted by Gasteiger charge is 2.16. The highest BCUT2D eigenvalue weighted by molar-refractivity contribution is 5.90. The smallest absolute Gasteiger partial charge is 0.337 e. The molecule has 7 heteroatoms. The van der Waals surface area contributed by atoms with E-state index in [-0.39, 0.29) is 18.2 Å². The third kappa shape index (κ3) is 8.89. The average molecular weight is 605 g/mol. The standard InChI is InChI=1S/C19H21FO3.C18H21FO2/c1-12(2)9-14-10-13(19(21)23-4)5-7-16(14)17-11-15(22-3)6-8-18(17)20;1-12(2)8-14-9-13(11-20)4-6-16(14)17-10-15(21-3)5-7-18(17)19/h5-8,10-12H,9H2,1-4H3;4-7,9-10,12,20H,8,11H2,1-3H3. The zero-order chi connectivity index (χ0) is 32.4. The monoisotopic (exact) mass is 604 g/mol. The number of carbonyl (C=O) groups is 1. The summed E-state index contributed by atoms with van der Waals surface area (Å²) in [6.45, 7) is 8.40. The number of rotatable bonds is 10. The topological polar surface area (TPSA) is 65.0 Å². The van der Waals surface area contributed by atoms with Crippen LogP contribution in [0, 0.1) is 23.5 Å². The van der Waals surface area contributed by atoms with Gasteiger partial charge in [-0.05, 0) is 101 Å². The molecule has 0 heterocycles. The maximum Gasteiger partial charge on any atom is 0.337 e. The van der Waals surface area contributed by atoms with Crippen LogP contribution >= 0.6 is 0 Å². The zero-order valence-corrected chi connectivity index (χ0v) is 26.5. The van der Waals surface area contributed by atoms with Gasteiger partial charge in [0.25, 0.3) is 0 Å². The van der Waals surface area contributed by atoms with Crippen molar-refractivity contribution in [3.05, 3.63) is 107 Å². The van der Waals surface area contributed by atoms with Gasteiger partial charge in [-0.15, -0.1) is 0 Å². The van der Waals surface area contributed by atoms with Gasteiger partial charge in [-0.3, -0.25) is 0 Å². The predicted molar refractivity (Wildman–Crippen MR) is 171 cm³/mol. The summed E-state index contributed by atoms with van der Waals surface area (Å²) in [5.74, 6) is 1.07. The Morgan fingerprint density at radius 1 is 0.659 bits per heavy atom. The van der Waals surface area contributed by atoms with Crippen LogP contribution in [0.4, 0.5) is 8.78 Å². The molecule has 0 radical (unpaired) electrons. The number of hydrogen-bond acceptors (Lipinski definition) is 5. The Labute approximate surface area is 259 Å². The minimum Gasteiger partial charge on any atom is -0.497 e. The van der Waals surface area contributed by atoms with E-state index < -0.39 is 5.97 Å². The first kappa shape index (κ1) is 34.3. The molecule has 0 unspecified atom stereocenters. The Morgan fingerprint density at radius 3 is 1.57 bits per heavy atom. The van der Waals surface area contributed by atoms with Crippen LogP contribution in [0.1, 0.15) is 54.7 Å². The molecule has 0 fully saturated rings. The Kier molecular flexibility index (Phi) is 12.5. The van der Waals surface area contributed by atoms with E-state index in [1.165, 1.54) is 19.2 Å². The lowest BCUT2D eigenvalue weighted by Crippen LogP contribution is -2.05. The molecule has 0 spiro atoms. The van der Waals surface area contributed by atoms with Crippen molar-refractivity contribution in [2.45, 2.75) is 47.1 Å². The molecule has 234 valence electrons. The van der Waals surface area contributed by atoms with E-state index >= 15 is 0 Å². The third-order valence-corrected chi connectivity index (χ3v) is 7.06. The van der Waals surface area contributed by atoms with Crippen LogP contribution in [-0.2, 0) is 24.2 Å². The van der Waals surface area contributed by atoms with Gasteiger partial charge in [-0.1, -0.05) is 52.0 Å². The Morgan fingerprint density at radius 2 is 1.14 bits per heavy atom. The van der Waals surface area contributed by atoms with Crippen molar-refractivity contribution in [1.82, 2.24) is 0 Å². The Hall–Kier alpha value is -4.23. The van der Waals surface area contributed by atoms with Gasteiger partial charge in [0.2, 0.25) is 0 Å². The van der Waals surface area contributed by atoms with Crippen LogP contribution in [-0.4, -0.2) is 32.4 Å². The summed E-state index contributed by atoms with van der Waals surface area (Å²) in [5.41, 5.74) is 5.90. The van der Waals surface area contributed by atoms with Gasteiger partial charge in [-0.25, -0.2) is 13.6 Å². The molecule has 0 aliphatic carbocycles. The van der Waals surface area contributed by atoms with Gasteiger partial charge in [-0.2, -0.15) is 0 Å². The normalized spacial score (nSPS) is 10.8.